The summed E-state index contributed by atoms with van der Waals surface area (Å²) in [6, 6.07) is 6.34. The highest BCUT2D eigenvalue weighted by atomic mass is 16.5. The molecule has 0 N–H and O–H groups in total. The van der Waals surface area contributed by atoms with E-state index in [2.05, 4.69) is 0 Å². The minimum Gasteiger partial charge on any atom is -0.427 e. The lowest BCUT2D eigenvalue weighted by molar-refractivity contribution is -0.132. The lowest BCUT2D eigenvalue weighted by Crippen LogP contribution is -2.38. The number of carbonyl (C=O) groups excluding carboxylic acids is 3. The maximum Gasteiger partial charge on any atom is 0.308 e. The van der Waals surface area contributed by atoms with Gasteiger partial charge in [-0.05, 0) is 31.2 Å². The number of anilines is 1. The molecule has 4 rings (SSSR count). The Balaban J connectivity index is 1.65. The van der Waals surface area contributed by atoms with Crippen molar-refractivity contribution >= 4 is 23.5 Å². The minimum atomic E-state index is -0.700. The Morgan fingerprint density at radius 2 is 1.91 bits per heavy atom. The van der Waals surface area contributed by atoms with Crippen LogP contribution in [0.5, 0.6) is 5.75 Å². The molecule has 0 aliphatic carbocycles. The Bertz CT molecular complexity index is 753. The Labute approximate surface area is 132 Å². The van der Waals surface area contributed by atoms with Crippen molar-refractivity contribution < 1.29 is 23.9 Å². The fourth-order valence-electron chi connectivity index (χ4n) is 3.74. The van der Waals surface area contributed by atoms with Gasteiger partial charge < -0.3 is 9.47 Å². The molecule has 2 amide bonds. The van der Waals surface area contributed by atoms with Gasteiger partial charge in [-0.1, -0.05) is 12.2 Å². The summed E-state index contributed by atoms with van der Waals surface area (Å²) in [4.78, 5) is 37.6. The van der Waals surface area contributed by atoms with Crippen molar-refractivity contribution in [3.05, 3.63) is 36.4 Å². The molecule has 1 aromatic rings. The molecule has 6 nitrogen and oxygen atoms in total. The summed E-state index contributed by atoms with van der Waals surface area (Å²) in [5.41, 5.74) is -0.220. The highest BCUT2D eigenvalue weighted by molar-refractivity contribution is 6.23. The van der Waals surface area contributed by atoms with Gasteiger partial charge in [0.15, 0.2) is 0 Å². The average Bonchev–Trinajstić information content (AvgIpc) is 3.09. The largest absolute Gasteiger partial charge is 0.427 e. The maximum absolute atomic E-state index is 12.8. The van der Waals surface area contributed by atoms with Crippen molar-refractivity contribution in [3.8, 4) is 5.75 Å². The van der Waals surface area contributed by atoms with E-state index in [1.807, 2.05) is 19.1 Å². The topological polar surface area (TPSA) is 72.9 Å². The second kappa shape index (κ2) is 4.52. The number of ether oxygens (including phenoxy) is 2. The van der Waals surface area contributed by atoms with Gasteiger partial charge in [-0.3, -0.25) is 14.4 Å². The number of amides is 2. The van der Waals surface area contributed by atoms with E-state index in [4.69, 9.17) is 9.47 Å². The van der Waals surface area contributed by atoms with Crippen molar-refractivity contribution in [1.82, 2.24) is 0 Å². The van der Waals surface area contributed by atoms with Crippen LogP contribution in [0.25, 0.3) is 0 Å². The molecule has 2 bridgehead atoms. The van der Waals surface area contributed by atoms with Crippen LogP contribution in [0.3, 0.4) is 0 Å². The van der Waals surface area contributed by atoms with E-state index in [1.165, 1.54) is 11.8 Å². The molecule has 3 aliphatic rings. The molecule has 3 aliphatic heterocycles. The number of esters is 1. The van der Waals surface area contributed by atoms with Gasteiger partial charge >= 0.3 is 5.97 Å². The number of hydrogen-bond donors (Lipinski definition) is 0. The zero-order valence-corrected chi connectivity index (χ0v) is 12.7. The molecule has 0 unspecified atom stereocenters. The number of rotatable bonds is 2. The predicted molar refractivity (Wildman–Crippen MR) is 79.6 cm³/mol. The van der Waals surface area contributed by atoms with Crippen molar-refractivity contribution in [2.45, 2.75) is 25.6 Å². The van der Waals surface area contributed by atoms with E-state index in [-0.39, 0.29) is 17.9 Å². The smallest absolute Gasteiger partial charge is 0.308 e. The first-order valence-electron chi connectivity index (χ1n) is 7.44. The molecule has 3 heterocycles. The molecule has 23 heavy (non-hydrogen) atoms. The van der Waals surface area contributed by atoms with Gasteiger partial charge in [0.2, 0.25) is 11.8 Å². The summed E-state index contributed by atoms with van der Waals surface area (Å²) in [5, 5.41) is 0. The SMILES string of the molecule is CC(=O)Oc1ccc(N2C(=O)[C@H]3[C@@H](C2=O)[C@@]2(C)C=C[C@H]3O2)cc1. The maximum atomic E-state index is 12.8. The summed E-state index contributed by atoms with van der Waals surface area (Å²) >= 11 is 0. The van der Waals surface area contributed by atoms with Crippen LogP contribution in [0.15, 0.2) is 36.4 Å². The molecule has 118 valence electrons. The quantitative estimate of drug-likeness (QED) is 0.357. The molecule has 0 radical (unpaired) electrons. The van der Waals surface area contributed by atoms with E-state index in [0.29, 0.717) is 11.4 Å². The van der Waals surface area contributed by atoms with Gasteiger partial charge in [0.25, 0.3) is 0 Å². The van der Waals surface area contributed by atoms with Crippen LogP contribution in [0.2, 0.25) is 0 Å². The molecule has 6 heteroatoms. The van der Waals surface area contributed by atoms with Crippen molar-refractivity contribution in [1.29, 1.82) is 0 Å². The third-order valence-electron chi connectivity index (χ3n) is 4.69. The van der Waals surface area contributed by atoms with Crippen LogP contribution in [-0.4, -0.2) is 29.5 Å². The minimum absolute atomic E-state index is 0.238. The van der Waals surface area contributed by atoms with Gasteiger partial charge in [0.05, 0.1) is 29.2 Å². The number of nitrogens with zero attached hydrogens (tertiary/aromatic N) is 1. The van der Waals surface area contributed by atoms with Crippen LogP contribution < -0.4 is 9.64 Å². The van der Waals surface area contributed by atoms with Crippen molar-refractivity contribution in [2.75, 3.05) is 4.90 Å². The van der Waals surface area contributed by atoms with E-state index in [1.54, 1.807) is 24.3 Å². The number of fused-ring (bicyclic) bond motifs is 5. The molecule has 0 saturated carbocycles. The fraction of sp³-hybridized carbons (Fsp3) is 0.353. The third-order valence-corrected chi connectivity index (χ3v) is 4.69. The number of hydrogen-bond acceptors (Lipinski definition) is 5. The van der Waals surface area contributed by atoms with Crippen LogP contribution in [-0.2, 0) is 19.1 Å². The third kappa shape index (κ3) is 1.88. The highest BCUT2D eigenvalue weighted by Gasteiger charge is 2.65. The number of imide groups is 1. The Kier molecular flexibility index (Phi) is 2.78. The van der Waals surface area contributed by atoms with Crippen LogP contribution in [0.1, 0.15) is 13.8 Å². The van der Waals surface area contributed by atoms with Crippen molar-refractivity contribution in [2.24, 2.45) is 11.8 Å². The van der Waals surface area contributed by atoms with Gasteiger partial charge in [0.1, 0.15) is 5.75 Å². The summed E-state index contributed by atoms with van der Waals surface area (Å²) in [6.07, 6.45) is 3.41. The molecule has 1 aromatic carbocycles. The Hall–Kier alpha value is -2.47. The van der Waals surface area contributed by atoms with Gasteiger partial charge in [-0.25, -0.2) is 4.90 Å². The normalized spacial score (nSPS) is 34.2. The zero-order chi connectivity index (χ0) is 16.4. The first kappa shape index (κ1) is 14.1. The molecule has 2 saturated heterocycles. The Morgan fingerprint density at radius 1 is 1.22 bits per heavy atom. The number of carbonyl (C=O) groups is 3. The monoisotopic (exact) mass is 313 g/mol. The first-order chi connectivity index (χ1) is 10.9. The fourth-order valence-corrected chi connectivity index (χ4v) is 3.74. The lowest BCUT2D eigenvalue weighted by Gasteiger charge is -2.24. The van der Waals surface area contributed by atoms with Gasteiger partial charge in [-0.15, -0.1) is 0 Å². The van der Waals surface area contributed by atoms with Crippen LogP contribution >= 0.6 is 0 Å². The summed E-state index contributed by atoms with van der Waals surface area (Å²) in [5.74, 6) is -1.46. The van der Waals surface area contributed by atoms with E-state index < -0.39 is 23.4 Å². The van der Waals surface area contributed by atoms with E-state index >= 15 is 0 Å². The second-order valence-corrected chi connectivity index (χ2v) is 6.23. The van der Waals surface area contributed by atoms with E-state index in [0.717, 1.165) is 0 Å². The second-order valence-electron chi connectivity index (χ2n) is 6.23. The van der Waals surface area contributed by atoms with Gasteiger partial charge in [0, 0.05) is 6.92 Å². The van der Waals surface area contributed by atoms with Gasteiger partial charge in [-0.2, -0.15) is 0 Å². The standard InChI is InChI=1S/C17H15NO5/c1-9(19)22-11-5-3-10(4-6-11)18-15(20)13-12-7-8-17(2,23-12)14(13)16(18)21/h3-8,12-14H,1-2H3/t12-,13-,14+,17-/m1/s1. The lowest BCUT2D eigenvalue weighted by atomic mass is 9.78. The molecule has 4 atom stereocenters. The Morgan fingerprint density at radius 3 is 2.52 bits per heavy atom. The summed E-state index contributed by atoms with van der Waals surface area (Å²) in [7, 11) is 0. The molecule has 0 aromatic heterocycles. The van der Waals surface area contributed by atoms with Crippen molar-refractivity contribution in [3.63, 3.8) is 0 Å². The number of benzene rings is 1. The average molecular weight is 313 g/mol. The summed E-state index contributed by atoms with van der Waals surface area (Å²) < 4.78 is 10.7. The van der Waals surface area contributed by atoms with Crippen LogP contribution in [0, 0.1) is 11.8 Å². The molecular weight excluding hydrogens is 298 g/mol. The van der Waals surface area contributed by atoms with Crippen LogP contribution in [0.4, 0.5) is 5.69 Å². The van der Waals surface area contributed by atoms with E-state index in [9.17, 15) is 14.4 Å². The molecule has 0 spiro atoms. The zero-order valence-electron chi connectivity index (χ0n) is 12.7. The highest BCUT2D eigenvalue weighted by Crippen LogP contribution is 2.52. The molecular formula is C17H15NO5. The summed E-state index contributed by atoms with van der Waals surface area (Å²) in [6.45, 7) is 3.15. The first-order valence-corrected chi connectivity index (χ1v) is 7.44. The predicted octanol–water partition coefficient (Wildman–Crippen LogP) is 1.44. The molecule has 2 fully saturated rings.